The summed E-state index contributed by atoms with van der Waals surface area (Å²) in [6.07, 6.45) is 3.79. The molecule has 1 N–H and O–H groups in total. The van der Waals surface area contributed by atoms with E-state index in [-0.39, 0.29) is 11.7 Å². The predicted molar refractivity (Wildman–Crippen MR) is 78.1 cm³/mol. The highest BCUT2D eigenvalue weighted by Gasteiger charge is 2.23. The molecular weight excluding hydrogens is 310 g/mol. The van der Waals surface area contributed by atoms with Gasteiger partial charge in [-0.25, -0.2) is 4.79 Å². The SMILES string of the molecule is CC(C)(C)OC(=O)N1CCCC1.Cc1[nH]ncc1Br. The maximum atomic E-state index is 11.4. The summed E-state index contributed by atoms with van der Waals surface area (Å²) >= 11 is 3.27. The molecule has 0 aliphatic carbocycles. The lowest BCUT2D eigenvalue weighted by Gasteiger charge is -2.23. The Morgan fingerprint density at radius 2 is 2.00 bits per heavy atom. The first-order valence-electron chi connectivity index (χ1n) is 6.43. The zero-order chi connectivity index (χ0) is 14.5. The summed E-state index contributed by atoms with van der Waals surface area (Å²) in [6.45, 7) is 9.34. The Balaban J connectivity index is 0.000000218. The molecule has 2 rings (SSSR count). The van der Waals surface area contributed by atoms with Crippen molar-refractivity contribution in [1.29, 1.82) is 0 Å². The van der Waals surface area contributed by atoms with E-state index in [1.807, 2.05) is 27.7 Å². The third-order valence-corrected chi connectivity index (χ3v) is 3.33. The number of carbonyl (C=O) groups excluding carboxylic acids is 1. The van der Waals surface area contributed by atoms with Crippen molar-refractivity contribution in [3.8, 4) is 0 Å². The first-order chi connectivity index (χ1) is 8.79. The number of ether oxygens (including phenoxy) is 1. The van der Waals surface area contributed by atoms with E-state index in [4.69, 9.17) is 4.74 Å². The van der Waals surface area contributed by atoms with E-state index >= 15 is 0 Å². The smallest absolute Gasteiger partial charge is 0.410 e. The zero-order valence-corrected chi connectivity index (χ0v) is 13.6. The van der Waals surface area contributed by atoms with Crippen LogP contribution >= 0.6 is 15.9 Å². The highest BCUT2D eigenvalue weighted by atomic mass is 79.9. The summed E-state index contributed by atoms with van der Waals surface area (Å²) in [4.78, 5) is 13.1. The van der Waals surface area contributed by atoms with Crippen molar-refractivity contribution in [2.24, 2.45) is 0 Å². The van der Waals surface area contributed by atoms with Crippen LogP contribution in [0.4, 0.5) is 4.79 Å². The molecule has 0 radical (unpaired) electrons. The Labute approximate surface area is 122 Å². The topological polar surface area (TPSA) is 58.2 Å². The average Bonchev–Trinajstić information content (AvgIpc) is 2.90. The zero-order valence-electron chi connectivity index (χ0n) is 12.0. The van der Waals surface area contributed by atoms with Crippen molar-refractivity contribution >= 4 is 22.0 Å². The second-order valence-corrected chi connectivity index (χ2v) is 6.37. The number of likely N-dealkylation sites (tertiary alicyclic amines) is 1. The molecule has 1 aromatic heterocycles. The summed E-state index contributed by atoms with van der Waals surface area (Å²) < 4.78 is 6.24. The van der Waals surface area contributed by atoms with Gasteiger partial charge < -0.3 is 9.64 Å². The van der Waals surface area contributed by atoms with E-state index in [1.165, 1.54) is 0 Å². The molecule has 0 spiro atoms. The summed E-state index contributed by atoms with van der Waals surface area (Å²) in [5.41, 5.74) is 0.708. The molecule has 0 atom stereocenters. The lowest BCUT2D eigenvalue weighted by Crippen LogP contribution is -2.34. The fourth-order valence-corrected chi connectivity index (χ4v) is 1.75. The largest absolute Gasteiger partial charge is 0.444 e. The summed E-state index contributed by atoms with van der Waals surface area (Å²) in [7, 11) is 0. The fraction of sp³-hybridized carbons (Fsp3) is 0.692. The molecule has 1 saturated heterocycles. The van der Waals surface area contributed by atoms with Gasteiger partial charge in [0.15, 0.2) is 0 Å². The normalized spacial score (nSPS) is 14.9. The molecule has 1 aromatic rings. The van der Waals surface area contributed by atoms with Crippen LogP contribution in [-0.4, -0.2) is 39.9 Å². The number of H-pyrrole nitrogens is 1. The van der Waals surface area contributed by atoms with Gasteiger partial charge in [0.2, 0.25) is 0 Å². The number of amides is 1. The van der Waals surface area contributed by atoms with E-state index in [2.05, 4.69) is 26.1 Å². The summed E-state index contributed by atoms with van der Waals surface area (Å²) in [5.74, 6) is 0. The molecule has 1 amide bonds. The molecular formula is C13H22BrN3O2. The van der Waals surface area contributed by atoms with Crippen LogP contribution in [0.2, 0.25) is 0 Å². The lowest BCUT2D eigenvalue weighted by atomic mass is 10.2. The van der Waals surface area contributed by atoms with Crippen LogP contribution < -0.4 is 0 Å². The summed E-state index contributed by atoms with van der Waals surface area (Å²) in [6, 6.07) is 0. The van der Waals surface area contributed by atoms with Gasteiger partial charge in [-0.1, -0.05) is 0 Å². The first-order valence-corrected chi connectivity index (χ1v) is 7.22. The number of aromatic nitrogens is 2. The maximum Gasteiger partial charge on any atom is 0.410 e. The van der Waals surface area contributed by atoms with Crippen molar-refractivity contribution in [3.63, 3.8) is 0 Å². The minimum absolute atomic E-state index is 0.167. The van der Waals surface area contributed by atoms with E-state index < -0.39 is 0 Å². The molecule has 0 unspecified atom stereocenters. The molecule has 0 saturated carbocycles. The summed E-state index contributed by atoms with van der Waals surface area (Å²) in [5, 5.41) is 6.52. The lowest BCUT2D eigenvalue weighted by molar-refractivity contribution is 0.0295. The second-order valence-electron chi connectivity index (χ2n) is 5.52. The average molecular weight is 332 g/mol. The number of nitrogens with zero attached hydrogens (tertiary/aromatic N) is 2. The van der Waals surface area contributed by atoms with Gasteiger partial charge in [0.25, 0.3) is 0 Å². The third kappa shape index (κ3) is 6.09. The van der Waals surface area contributed by atoms with Crippen molar-refractivity contribution in [2.45, 2.75) is 46.1 Å². The van der Waals surface area contributed by atoms with E-state index in [0.717, 1.165) is 36.1 Å². The molecule has 1 aliphatic rings. The molecule has 0 bridgehead atoms. The van der Waals surface area contributed by atoms with Gasteiger partial charge in [-0.05, 0) is 56.5 Å². The van der Waals surface area contributed by atoms with Gasteiger partial charge in [-0.15, -0.1) is 0 Å². The minimum atomic E-state index is -0.361. The van der Waals surface area contributed by atoms with Crippen LogP contribution in [0.15, 0.2) is 10.7 Å². The van der Waals surface area contributed by atoms with Crippen LogP contribution in [0.3, 0.4) is 0 Å². The Hall–Kier alpha value is -1.04. The van der Waals surface area contributed by atoms with Crippen molar-refractivity contribution in [1.82, 2.24) is 15.1 Å². The van der Waals surface area contributed by atoms with Gasteiger partial charge in [-0.3, -0.25) is 5.10 Å². The van der Waals surface area contributed by atoms with Crippen LogP contribution in [0.5, 0.6) is 0 Å². The van der Waals surface area contributed by atoms with E-state index in [1.54, 1.807) is 11.1 Å². The van der Waals surface area contributed by atoms with Crippen LogP contribution in [0, 0.1) is 6.92 Å². The van der Waals surface area contributed by atoms with E-state index in [9.17, 15) is 4.79 Å². The third-order valence-electron chi connectivity index (χ3n) is 2.53. The van der Waals surface area contributed by atoms with Gasteiger partial charge >= 0.3 is 6.09 Å². The highest BCUT2D eigenvalue weighted by Crippen LogP contribution is 2.14. The van der Waals surface area contributed by atoms with Crippen LogP contribution in [0.1, 0.15) is 39.3 Å². The van der Waals surface area contributed by atoms with Crippen molar-refractivity contribution in [3.05, 3.63) is 16.4 Å². The Morgan fingerprint density at radius 1 is 1.42 bits per heavy atom. The number of halogens is 1. The predicted octanol–water partition coefficient (Wildman–Crippen LogP) is 3.50. The monoisotopic (exact) mass is 331 g/mol. The number of aryl methyl sites for hydroxylation is 1. The minimum Gasteiger partial charge on any atom is -0.444 e. The van der Waals surface area contributed by atoms with Gasteiger partial charge in [0.05, 0.1) is 10.7 Å². The quantitative estimate of drug-likeness (QED) is 0.791. The van der Waals surface area contributed by atoms with Gasteiger partial charge in [0, 0.05) is 18.8 Å². The molecule has 108 valence electrons. The Kier molecular flexibility index (Phi) is 5.85. The second kappa shape index (κ2) is 6.93. The number of rotatable bonds is 0. The number of aromatic amines is 1. The van der Waals surface area contributed by atoms with Crippen molar-refractivity contribution < 1.29 is 9.53 Å². The fourth-order valence-electron chi connectivity index (χ4n) is 1.56. The van der Waals surface area contributed by atoms with Gasteiger partial charge in [0.1, 0.15) is 5.60 Å². The molecule has 5 nitrogen and oxygen atoms in total. The number of carbonyl (C=O) groups is 1. The molecule has 0 aromatic carbocycles. The highest BCUT2D eigenvalue weighted by molar-refractivity contribution is 9.10. The van der Waals surface area contributed by atoms with Crippen LogP contribution in [0.25, 0.3) is 0 Å². The van der Waals surface area contributed by atoms with Crippen molar-refractivity contribution in [2.75, 3.05) is 13.1 Å². The molecule has 1 aliphatic heterocycles. The standard InChI is InChI=1S/C9H17NO2.C4H5BrN2/c1-9(2,3)12-8(11)10-6-4-5-7-10;1-3-4(5)2-6-7-3/h4-7H2,1-3H3;2H,1H3,(H,6,7). The molecule has 19 heavy (non-hydrogen) atoms. The number of nitrogens with one attached hydrogen (secondary N) is 1. The number of hydrogen-bond donors (Lipinski definition) is 1. The molecule has 1 fully saturated rings. The first kappa shape index (κ1) is 16.0. The van der Waals surface area contributed by atoms with E-state index in [0.29, 0.717) is 0 Å². The maximum absolute atomic E-state index is 11.4. The molecule has 6 heteroatoms. The molecule has 2 heterocycles. The number of hydrogen-bond acceptors (Lipinski definition) is 3. The Bertz CT molecular complexity index is 390. The van der Waals surface area contributed by atoms with Gasteiger partial charge in [-0.2, -0.15) is 5.10 Å². The van der Waals surface area contributed by atoms with Crippen LogP contribution in [-0.2, 0) is 4.74 Å². The Morgan fingerprint density at radius 3 is 2.32 bits per heavy atom.